The average Bonchev–Trinajstić information content (AvgIpc) is 3.39. The zero-order valence-electron chi connectivity index (χ0n) is 17.4. The van der Waals surface area contributed by atoms with Crippen molar-refractivity contribution in [1.82, 2.24) is 10.1 Å². The van der Waals surface area contributed by atoms with Crippen molar-refractivity contribution in [2.45, 2.75) is 13.3 Å². The summed E-state index contributed by atoms with van der Waals surface area (Å²) in [7, 11) is 3.07. The minimum absolute atomic E-state index is 0.115. The molecule has 3 aromatic rings. The van der Waals surface area contributed by atoms with Crippen LogP contribution in [0.2, 0.25) is 0 Å². The van der Waals surface area contributed by atoms with Gasteiger partial charge in [0.25, 0.3) is 0 Å². The maximum atomic E-state index is 12.9. The minimum Gasteiger partial charge on any atom is -0.497 e. The number of carbonyl (C=O) groups is 2. The van der Waals surface area contributed by atoms with Crippen LogP contribution in [-0.4, -0.2) is 42.7 Å². The summed E-state index contributed by atoms with van der Waals surface area (Å²) in [5.41, 5.74) is 1.91. The van der Waals surface area contributed by atoms with Gasteiger partial charge < -0.3 is 24.2 Å². The summed E-state index contributed by atoms with van der Waals surface area (Å²) in [6.07, 6.45) is 0.115. The average molecular weight is 422 g/mol. The molecule has 4 rings (SSSR count). The largest absolute Gasteiger partial charge is 0.497 e. The van der Waals surface area contributed by atoms with Gasteiger partial charge in [0.2, 0.25) is 23.5 Å². The number of nitrogens with one attached hydrogen (secondary N) is 1. The molecule has 9 nitrogen and oxygen atoms in total. The van der Waals surface area contributed by atoms with Crippen molar-refractivity contribution in [1.29, 1.82) is 0 Å². The Morgan fingerprint density at radius 1 is 1.19 bits per heavy atom. The molecule has 2 amide bonds. The number of anilines is 2. The third-order valence-corrected chi connectivity index (χ3v) is 5.10. The van der Waals surface area contributed by atoms with E-state index in [4.69, 9.17) is 14.0 Å². The zero-order chi connectivity index (χ0) is 22.0. The highest BCUT2D eigenvalue weighted by atomic mass is 16.5. The second kappa shape index (κ2) is 8.47. The van der Waals surface area contributed by atoms with Crippen LogP contribution in [0.25, 0.3) is 11.4 Å². The van der Waals surface area contributed by atoms with Crippen LogP contribution in [0.3, 0.4) is 0 Å². The number of benzene rings is 2. The molecule has 1 aliphatic rings. The molecule has 1 aromatic heterocycles. The molecule has 0 spiro atoms. The molecular weight excluding hydrogens is 400 g/mol. The number of hydrogen-bond donors (Lipinski definition) is 1. The number of aromatic nitrogens is 2. The topological polar surface area (TPSA) is 107 Å². The number of aryl methyl sites for hydroxylation is 1. The number of amides is 2. The van der Waals surface area contributed by atoms with Crippen molar-refractivity contribution in [3.05, 3.63) is 48.4 Å². The highest BCUT2D eigenvalue weighted by Crippen LogP contribution is 2.32. The van der Waals surface area contributed by atoms with Crippen molar-refractivity contribution < 1.29 is 23.6 Å². The number of methoxy groups -OCH3 is 2. The lowest BCUT2D eigenvalue weighted by Gasteiger charge is -2.18. The fourth-order valence-corrected chi connectivity index (χ4v) is 3.51. The standard InChI is InChI=1S/C22H22N4O5/c1-13-23-21(25-31-13)14-5-4-6-16(9-14)26-12-15(10-20(26)27)22(28)24-18-11-17(29-2)7-8-19(18)30-3/h4-9,11,15H,10,12H2,1-3H3,(H,24,28). The van der Waals surface area contributed by atoms with Gasteiger partial charge in [0.1, 0.15) is 11.5 Å². The third kappa shape index (κ3) is 4.20. The Kier molecular flexibility index (Phi) is 5.57. The van der Waals surface area contributed by atoms with Crippen LogP contribution in [0.5, 0.6) is 11.5 Å². The molecule has 9 heteroatoms. The monoisotopic (exact) mass is 422 g/mol. The van der Waals surface area contributed by atoms with Crippen molar-refractivity contribution in [3.63, 3.8) is 0 Å². The first-order valence-corrected chi connectivity index (χ1v) is 9.72. The normalized spacial score (nSPS) is 15.8. The SMILES string of the molecule is COc1ccc(OC)c(NC(=O)C2CC(=O)N(c3cccc(-c4noc(C)n4)c3)C2)c1. The Hall–Kier alpha value is -3.88. The summed E-state index contributed by atoms with van der Waals surface area (Å²) in [6, 6.07) is 12.4. The Bertz CT molecular complexity index is 1130. The molecule has 1 fully saturated rings. The molecule has 1 aliphatic heterocycles. The third-order valence-electron chi connectivity index (χ3n) is 5.10. The van der Waals surface area contributed by atoms with Crippen LogP contribution >= 0.6 is 0 Å². The zero-order valence-corrected chi connectivity index (χ0v) is 17.4. The van der Waals surface area contributed by atoms with E-state index in [9.17, 15) is 9.59 Å². The van der Waals surface area contributed by atoms with E-state index in [1.165, 1.54) is 7.11 Å². The van der Waals surface area contributed by atoms with Crippen molar-refractivity contribution in [2.24, 2.45) is 5.92 Å². The van der Waals surface area contributed by atoms with E-state index < -0.39 is 5.92 Å². The van der Waals surface area contributed by atoms with Gasteiger partial charge in [-0.25, -0.2) is 0 Å². The molecule has 2 aromatic carbocycles. The summed E-state index contributed by atoms with van der Waals surface area (Å²) >= 11 is 0. The predicted molar refractivity (Wildman–Crippen MR) is 113 cm³/mol. The highest BCUT2D eigenvalue weighted by Gasteiger charge is 2.35. The maximum Gasteiger partial charge on any atom is 0.229 e. The Balaban J connectivity index is 1.50. The van der Waals surface area contributed by atoms with Gasteiger partial charge in [-0.15, -0.1) is 0 Å². The van der Waals surface area contributed by atoms with E-state index in [1.54, 1.807) is 37.1 Å². The van der Waals surface area contributed by atoms with Gasteiger partial charge in [0.05, 0.1) is 25.8 Å². The predicted octanol–water partition coefficient (Wildman–Crippen LogP) is 3.05. The summed E-state index contributed by atoms with van der Waals surface area (Å²) in [5, 5.41) is 6.77. The molecule has 0 bridgehead atoms. The van der Waals surface area contributed by atoms with Crippen LogP contribution in [0, 0.1) is 12.8 Å². The molecule has 0 saturated carbocycles. The number of ether oxygens (including phenoxy) is 2. The van der Waals surface area contributed by atoms with E-state index in [-0.39, 0.29) is 24.8 Å². The quantitative estimate of drug-likeness (QED) is 0.651. The number of rotatable bonds is 6. The van der Waals surface area contributed by atoms with Crippen LogP contribution in [0.1, 0.15) is 12.3 Å². The van der Waals surface area contributed by atoms with Crippen molar-refractivity contribution in [2.75, 3.05) is 31.0 Å². The molecule has 2 heterocycles. The van der Waals surface area contributed by atoms with Gasteiger partial charge in [-0.2, -0.15) is 4.98 Å². The van der Waals surface area contributed by atoms with Crippen molar-refractivity contribution >= 4 is 23.2 Å². The van der Waals surface area contributed by atoms with Gasteiger partial charge in [0.15, 0.2) is 0 Å². The molecule has 1 unspecified atom stereocenters. The van der Waals surface area contributed by atoms with Crippen LogP contribution in [0.4, 0.5) is 11.4 Å². The first kappa shape index (κ1) is 20.4. The van der Waals surface area contributed by atoms with E-state index >= 15 is 0 Å². The summed E-state index contributed by atoms with van der Waals surface area (Å²) in [5.74, 6) is 1.13. The summed E-state index contributed by atoms with van der Waals surface area (Å²) in [6.45, 7) is 1.98. The van der Waals surface area contributed by atoms with Crippen LogP contribution < -0.4 is 19.7 Å². The smallest absolute Gasteiger partial charge is 0.229 e. The minimum atomic E-state index is -0.500. The van der Waals surface area contributed by atoms with Gasteiger partial charge >= 0.3 is 0 Å². The molecule has 31 heavy (non-hydrogen) atoms. The molecule has 160 valence electrons. The van der Waals surface area contributed by atoms with E-state index in [0.29, 0.717) is 34.6 Å². The lowest BCUT2D eigenvalue weighted by molar-refractivity contribution is -0.122. The first-order valence-electron chi connectivity index (χ1n) is 9.72. The second-order valence-corrected chi connectivity index (χ2v) is 7.15. The first-order chi connectivity index (χ1) is 15.0. The lowest BCUT2D eigenvalue weighted by Crippen LogP contribution is -2.28. The number of nitrogens with zero attached hydrogens (tertiary/aromatic N) is 3. The fraction of sp³-hybridized carbons (Fsp3) is 0.273. The molecule has 1 N–H and O–H groups in total. The summed E-state index contributed by atoms with van der Waals surface area (Å²) < 4.78 is 15.6. The van der Waals surface area contributed by atoms with E-state index in [2.05, 4.69) is 15.5 Å². The summed E-state index contributed by atoms with van der Waals surface area (Å²) in [4.78, 5) is 31.4. The van der Waals surface area contributed by atoms with Gasteiger partial charge in [0, 0.05) is 37.2 Å². The lowest BCUT2D eigenvalue weighted by atomic mass is 10.1. The van der Waals surface area contributed by atoms with Gasteiger partial charge in [-0.05, 0) is 24.3 Å². The molecule has 1 atom stereocenters. The van der Waals surface area contributed by atoms with Gasteiger partial charge in [-0.1, -0.05) is 17.3 Å². The Morgan fingerprint density at radius 2 is 2.03 bits per heavy atom. The van der Waals surface area contributed by atoms with Crippen LogP contribution in [0.15, 0.2) is 47.0 Å². The number of hydrogen-bond acceptors (Lipinski definition) is 7. The van der Waals surface area contributed by atoms with E-state index in [1.807, 2.05) is 24.3 Å². The fourth-order valence-electron chi connectivity index (χ4n) is 3.51. The molecule has 0 radical (unpaired) electrons. The van der Waals surface area contributed by atoms with Gasteiger partial charge in [-0.3, -0.25) is 9.59 Å². The molecule has 1 saturated heterocycles. The van der Waals surface area contributed by atoms with E-state index in [0.717, 1.165) is 5.56 Å². The molecular formula is C22H22N4O5. The Morgan fingerprint density at radius 3 is 2.74 bits per heavy atom. The highest BCUT2D eigenvalue weighted by molar-refractivity contribution is 6.04. The maximum absolute atomic E-state index is 12.9. The molecule has 0 aliphatic carbocycles. The second-order valence-electron chi connectivity index (χ2n) is 7.15. The Labute approximate surface area is 179 Å². The number of carbonyl (C=O) groups excluding carboxylic acids is 2. The van der Waals surface area contributed by atoms with Crippen molar-refractivity contribution in [3.8, 4) is 22.9 Å². The van der Waals surface area contributed by atoms with Crippen LogP contribution in [-0.2, 0) is 9.59 Å².